The van der Waals surface area contributed by atoms with Crippen molar-refractivity contribution in [3.05, 3.63) is 46.3 Å². The summed E-state index contributed by atoms with van der Waals surface area (Å²) in [5, 5.41) is 3.01. The highest BCUT2D eigenvalue weighted by Crippen LogP contribution is 2.21. The maximum atomic E-state index is 13.6. The molecule has 4 nitrogen and oxygen atoms in total. The zero-order chi connectivity index (χ0) is 13.1. The van der Waals surface area contributed by atoms with Gasteiger partial charge in [0.15, 0.2) is 0 Å². The van der Waals surface area contributed by atoms with Crippen LogP contribution in [0.4, 0.5) is 16.2 Å². The van der Waals surface area contributed by atoms with Crippen LogP contribution in [0.1, 0.15) is 18.5 Å². The Bertz CT molecular complexity index is 541. The summed E-state index contributed by atoms with van der Waals surface area (Å²) in [6.07, 6.45) is 0. The third-order valence-electron chi connectivity index (χ3n) is 2.43. The van der Waals surface area contributed by atoms with Crippen LogP contribution in [0.5, 0.6) is 0 Å². The van der Waals surface area contributed by atoms with Gasteiger partial charge >= 0.3 is 0 Å². The van der Waals surface area contributed by atoms with Crippen LogP contribution < -0.4 is 11.1 Å². The van der Waals surface area contributed by atoms with Gasteiger partial charge in [-0.2, -0.15) is 4.98 Å². The van der Waals surface area contributed by atoms with Gasteiger partial charge in [0.1, 0.15) is 16.2 Å². The highest BCUT2D eigenvalue weighted by molar-refractivity contribution is 9.10. The van der Waals surface area contributed by atoms with E-state index in [2.05, 4.69) is 31.2 Å². The molecule has 0 radical (unpaired) electrons. The van der Waals surface area contributed by atoms with Crippen molar-refractivity contribution in [1.82, 2.24) is 9.97 Å². The molecule has 0 amide bonds. The summed E-state index contributed by atoms with van der Waals surface area (Å²) < 4.78 is 14.2. The Morgan fingerprint density at radius 1 is 1.33 bits per heavy atom. The van der Waals surface area contributed by atoms with Crippen molar-refractivity contribution in [3.8, 4) is 0 Å². The van der Waals surface area contributed by atoms with Crippen LogP contribution in [0.25, 0.3) is 0 Å². The van der Waals surface area contributed by atoms with Crippen LogP contribution in [0.3, 0.4) is 0 Å². The van der Waals surface area contributed by atoms with E-state index < -0.39 is 0 Å². The summed E-state index contributed by atoms with van der Waals surface area (Å²) >= 11 is 3.23. The first kappa shape index (κ1) is 12.8. The molecular formula is C12H12BrFN4. The second-order valence-corrected chi connectivity index (χ2v) is 4.64. The quantitative estimate of drug-likeness (QED) is 0.855. The predicted octanol–water partition coefficient (Wildman–Crippen LogP) is 3.13. The second kappa shape index (κ2) is 5.30. The minimum absolute atomic E-state index is 0.250. The number of hydrogen-bond acceptors (Lipinski definition) is 4. The van der Waals surface area contributed by atoms with Gasteiger partial charge in [-0.25, -0.2) is 9.37 Å². The van der Waals surface area contributed by atoms with E-state index in [0.717, 1.165) is 0 Å². The highest BCUT2D eigenvalue weighted by Gasteiger charge is 2.11. The van der Waals surface area contributed by atoms with E-state index in [1.807, 2.05) is 6.92 Å². The Kier molecular flexibility index (Phi) is 3.76. The minimum atomic E-state index is -0.263. The number of nitrogens with zero attached hydrogens (tertiary/aromatic N) is 2. The lowest BCUT2D eigenvalue weighted by Crippen LogP contribution is -2.11. The molecule has 3 N–H and O–H groups in total. The summed E-state index contributed by atoms with van der Waals surface area (Å²) in [4.78, 5) is 8.15. The van der Waals surface area contributed by atoms with Crippen LogP contribution in [0.2, 0.25) is 0 Å². The monoisotopic (exact) mass is 310 g/mol. The topological polar surface area (TPSA) is 63.8 Å². The van der Waals surface area contributed by atoms with Gasteiger partial charge in [0.2, 0.25) is 5.95 Å². The lowest BCUT2D eigenvalue weighted by atomic mass is 10.1. The minimum Gasteiger partial charge on any atom is -0.383 e. The molecule has 0 fully saturated rings. The van der Waals surface area contributed by atoms with Crippen LogP contribution in [-0.4, -0.2) is 9.97 Å². The van der Waals surface area contributed by atoms with Gasteiger partial charge in [-0.15, -0.1) is 0 Å². The van der Waals surface area contributed by atoms with Gasteiger partial charge in [0.25, 0.3) is 0 Å². The molecule has 2 rings (SSSR count). The van der Waals surface area contributed by atoms with Crippen LogP contribution in [-0.2, 0) is 0 Å². The van der Waals surface area contributed by atoms with E-state index in [1.54, 1.807) is 24.3 Å². The standard InChI is InChI=1S/C12H12BrFN4/c1-7(8-4-2-3-5-9(8)14)16-12-17-10(13)6-11(15)18-12/h2-7H,1H3,(H3,15,16,17,18). The number of nitrogens with two attached hydrogens (primary N) is 1. The maximum absolute atomic E-state index is 13.6. The fourth-order valence-electron chi connectivity index (χ4n) is 1.60. The first-order chi connectivity index (χ1) is 8.56. The number of halogens is 2. The third kappa shape index (κ3) is 2.95. The molecule has 94 valence electrons. The number of anilines is 2. The van der Waals surface area contributed by atoms with Crippen LogP contribution >= 0.6 is 15.9 Å². The van der Waals surface area contributed by atoms with Crippen molar-refractivity contribution in [2.24, 2.45) is 0 Å². The normalized spacial score (nSPS) is 12.2. The van der Waals surface area contributed by atoms with Crippen molar-refractivity contribution in [1.29, 1.82) is 0 Å². The molecule has 1 heterocycles. The van der Waals surface area contributed by atoms with E-state index >= 15 is 0 Å². The van der Waals surface area contributed by atoms with Crippen molar-refractivity contribution >= 4 is 27.7 Å². The molecule has 0 saturated carbocycles. The van der Waals surface area contributed by atoms with Gasteiger partial charge in [0, 0.05) is 11.6 Å². The molecule has 1 unspecified atom stereocenters. The zero-order valence-corrected chi connectivity index (χ0v) is 11.3. The molecule has 6 heteroatoms. The molecule has 0 aliphatic carbocycles. The molecule has 18 heavy (non-hydrogen) atoms. The van der Waals surface area contributed by atoms with Gasteiger partial charge in [-0.1, -0.05) is 18.2 Å². The Hall–Kier alpha value is -1.69. The number of nitrogens with one attached hydrogen (secondary N) is 1. The largest absolute Gasteiger partial charge is 0.383 e. The van der Waals surface area contributed by atoms with E-state index in [-0.39, 0.29) is 11.9 Å². The number of aromatic nitrogens is 2. The van der Waals surface area contributed by atoms with Crippen molar-refractivity contribution in [2.75, 3.05) is 11.1 Å². The van der Waals surface area contributed by atoms with E-state index in [1.165, 1.54) is 6.07 Å². The Morgan fingerprint density at radius 3 is 2.72 bits per heavy atom. The third-order valence-corrected chi connectivity index (χ3v) is 2.84. The molecule has 1 aromatic carbocycles. The fourth-order valence-corrected chi connectivity index (χ4v) is 2.00. The van der Waals surface area contributed by atoms with Crippen LogP contribution in [0, 0.1) is 5.82 Å². The van der Waals surface area contributed by atoms with E-state index in [0.29, 0.717) is 21.9 Å². The van der Waals surface area contributed by atoms with E-state index in [4.69, 9.17) is 5.73 Å². The predicted molar refractivity (Wildman–Crippen MR) is 72.6 cm³/mol. The average Bonchev–Trinajstić information content (AvgIpc) is 2.27. The summed E-state index contributed by atoms with van der Waals surface area (Å²) in [7, 11) is 0. The number of benzene rings is 1. The smallest absolute Gasteiger partial charge is 0.226 e. The molecule has 1 aromatic heterocycles. The van der Waals surface area contributed by atoms with E-state index in [9.17, 15) is 4.39 Å². The summed E-state index contributed by atoms with van der Waals surface area (Å²) in [5.41, 5.74) is 6.16. The number of hydrogen-bond donors (Lipinski definition) is 2. The number of rotatable bonds is 3. The summed E-state index contributed by atoms with van der Waals surface area (Å²) in [6.45, 7) is 1.83. The molecule has 2 aromatic rings. The Balaban J connectivity index is 2.21. The Labute approximate surface area is 113 Å². The highest BCUT2D eigenvalue weighted by atomic mass is 79.9. The summed E-state index contributed by atoms with van der Waals surface area (Å²) in [5.74, 6) is 0.443. The maximum Gasteiger partial charge on any atom is 0.226 e. The van der Waals surface area contributed by atoms with Gasteiger partial charge in [-0.3, -0.25) is 0 Å². The molecule has 1 atom stereocenters. The molecule has 0 spiro atoms. The van der Waals surface area contributed by atoms with Crippen LogP contribution in [0.15, 0.2) is 34.9 Å². The Morgan fingerprint density at radius 2 is 2.06 bits per heavy atom. The first-order valence-corrected chi connectivity index (χ1v) is 6.16. The van der Waals surface area contributed by atoms with Crippen molar-refractivity contribution < 1.29 is 4.39 Å². The average molecular weight is 311 g/mol. The molecule has 0 saturated heterocycles. The SMILES string of the molecule is CC(Nc1nc(N)cc(Br)n1)c1ccccc1F. The zero-order valence-electron chi connectivity index (χ0n) is 9.69. The van der Waals surface area contributed by atoms with Crippen molar-refractivity contribution in [3.63, 3.8) is 0 Å². The lowest BCUT2D eigenvalue weighted by molar-refractivity contribution is 0.599. The fraction of sp³-hybridized carbons (Fsp3) is 0.167. The molecule has 0 bridgehead atoms. The molecule has 0 aliphatic heterocycles. The number of nitrogen functional groups attached to an aromatic ring is 1. The van der Waals surface area contributed by atoms with Crippen molar-refractivity contribution in [2.45, 2.75) is 13.0 Å². The van der Waals surface area contributed by atoms with Gasteiger partial charge in [0.05, 0.1) is 6.04 Å². The second-order valence-electron chi connectivity index (χ2n) is 3.83. The molecular weight excluding hydrogens is 299 g/mol. The summed E-state index contributed by atoms with van der Waals surface area (Å²) in [6, 6.07) is 7.92. The lowest BCUT2D eigenvalue weighted by Gasteiger charge is -2.15. The van der Waals surface area contributed by atoms with Gasteiger partial charge in [-0.05, 0) is 28.9 Å². The first-order valence-electron chi connectivity index (χ1n) is 5.37. The van der Waals surface area contributed by atoms with Gasteiger partial charge < -0.3 is 11.1 Å². The molecule has 0 aliphatic rings.